The van der Waals surface area contributed by atoms with Gasteiger partial charge in [0.25, 0.3) is 0 Å². The number of aromatic nitrogens is 1. The predicted octanol–water partition coefficient (Wildman–Crippen LogP) is 3.98. The third-order valence-electron chi connectivity index (χ3n) is 3.79. The first-order chi connectivity index (χ1) is 12.7. The number of halogens is 3. The average molecular weight is 447 g/mol. The number of sulfone groups is 1. The van der Waals surface area contributed by atoms with E-state index in [2.05, 4.69) is 4.99 Å². The largest absolute Gasteiger partial charge is 0.318 e. The van der Waals surface area contributed by atoms with Gasteiger partial charge >= 0.3 is 0 Å². The van der Waals surface area contributed by atoms with Crippen LogP contribution in [0.25, 0.3) is 10.2 Å². The molecule has 0 radical (unpaired) electrons. The Morgan fingerprint density at radius 2 is 1.89 bits per heavy atom. The van der Waals surface area contributed by atoms with E-state index in [4.69, 9.17) is 23.2 Å². The molecule has 0 bridgehead atoms. The van der Waals surface area contributed by atoms with Gasteiger partial charge in [0.2, 0.25) is 5.91 Å². The van der Waals surface area contributed by atoms with Crippen molar-refractivity contribution in [3.63, 3.8) is 0 Å². The van der Waals surface area contributed by atoms with E-state index in [1.54, 1.807) is 23.7 Å². The number of rotatable bonds is 4. The lowest BCUT2D eigenvalue weighted by Gasteiger charge is -2.02. The molecule has 3 aromatic rings. The summed E-state index contributed by atoms with van der Waals surface area (Å²) in [4.78, 5) is 16.5. The van der Waals surface area contributed by atoms with E-state index in [1.807, 2.05) is 0 Å². The van der Waals surface area contributed by atoms with Gasteiger partial charge < -0.3 is 4.57 Å². The van der Waals surface area contributed by atoms with Crippen molar-refractivity contribution in [2.24, 2.45) is 12.0 Å². The number of nitrogens with zero attached hydrogens (tertiary/aromatic N) is 2. The van der Waals surface area contributed by atoms with Gasteiger partial charge in [0.05, 0.1) is 25.9 Å². The topological polar surface area (TPSA) is 68.5 Å². The first-order valence-electron chi connectivity index (χ1n) is 7.68. The molecule has 0 unspecified atom stereocenters. The van der Waals surface area contributed by atoms with Crippen molar-refractivity contribution in [1.29, 1.82) is 0 Å². The molecule has 10 heteroatoms. The Morgan fingerprint density at radius 1 is 1.22 bits per heavy atom. The lowest BCUT2D eigenvalue weighted by molar-refractivity contribution is -0.117. The summed E-state index contributed by atoms with van der Waals surface area (Å²) < 4.78 is 39.8. The number of hydrogen-bond acceptors (Lipinski definition) is 4. The molecule has 27 heavy (non-hydrogen) atoms. The van der Waals surface area contributed by atoms with Crippen LogP contribution < -0.4 is 4.80 Å². The van der Waals surface area contributed by atoms with E-state index < -0.39 is 27.3 Å². The van der Waals surface area contributed by atoms with Crippen LogP contribution in [0.1, 0.15) is 6.42 Å². The Labute approximate surface area is 168 Å². The third kappa shape index (κ3) is 4.40. The Kier molecular flexibility index (Phi) is 5.71. The highest BCUT2D eigenvalue weighted by atomic mass is 35.5. The normalized spacial score (nSPS) is 12.7. The van der Waals surface area contributed by atoms with Crippen molar-refractivity contribution in [2.45, 2.75) is 11.3 Å². The Hall–Kier alpha value is -1.74. The molecular formula is C17H13Cl2FN2O3S2. The quantitative estimate of drug-likeness (QED) is 0.569. The number of carbonyl (C=O) groups is 1. The molecule has 0 saturated carbocycles. The minimum absolute atomic E-state index is 0.0365. The van der Waals surface area contributed by atoms with E-state index in [0.717, 1.165) is 16.8 Å². The highest BCUT2D eigenvalue weighted by molar-refractivity contribution is 7.91. The lowest BCUT2D eigenvalue weighted by Crippen LogP contribution is -2.16. The molecular weight excluding hydrogens is 434 g/mol. The van der Waals surface area contributed by atoms with Gasteiger partial charge in [0, 0.05) is 18.5 Å². The second-order valence-electron chi connectivity index (χ2n) is 5.71. The second kappa shape index (κ2) is 7.71. The maximum Gasteiger partial charge on any atom is 0.249 e. The molecule has 1 amide bonds. The molecule has 0 atom stereocenters. The third-order valence-corrected chi connectivity index (χ3v) is 7.11. The zero-order valence-corrected chi connectivity index (χ0v) is 17.1. The summed E-state index contributed by atoms with van der Waals surface area (Å²) in [5.41, 5.74) is 0.691. The van der Waals surface area contributed by atoms with E-state index in [0.29, 0.717) is 20.4 Å². The van der Waals surface area contributed by atoms with Gasteiger partial charge in [-0.05, 0) is 36.4 Å². The van der Waals surface area contributed by atoms with Crippen LogP contribution in [0.4, 0.5) is 4.39 Å². The van der Waals surface area contributed by atoms with E-state index in [9.17, 15) is 17.6 Å². The van der Waals surface area contributed by atoms with Crippen LogP contribution in [0.3, 0.4) is 0 Å². The summed E-state index contributed by atoms with van der Waals surface area (Å²) in [6.45, 7) is 0. The molecule has 5 nitrogen and oxygen atoms in total. The predicted molar refractivity (Wildman–Crippen MR) is 104 cm³/mol. The number of amides is 1. The Bertz CT molecular complexity index is 1200. The molecule has 0 aliphatic heterocycles. The Balaban J connectivity index is 1.83. The van der Waals surface area contributed by atoms with Crippen molar-refractivity contribution in [2.75, 3.05) is 5.75 Å². The summed E-state index contributed by atoms with van der Waals surface area (Å²) in [7, 11) is -1.99. The number of aryl methyl sites for hydroxylation is 1. The van der Waals surface area contributed by atoms with Crippen LogP contribution >= 0.6 is 34.5 Å². The van der Waals surface area contributed by atoms with Crippen LogP contribution in [0.2, 0.25) is 10.0 Å². The summed E-state index contributed by atoms with van der Waals surface area (Å²) in [5.74, 6) is -1.52. The molecule has 142 valence electrons. The molecule has 0 N–H and O–H groups in total. The van der Waals surface area contributed by atoms with Crippen LogP contribution in [0.15, 0.2) is 46.3 Å². The van der Waals surface area contributed by atoms with E-state index >= 15 is 0 Å². The summed E-state index contributed by atoms with van der Waals surface area (Å²) in [6.07, 6.45) is -0.289. The van der Waals surface area contributed by atoms with Gasteiger partial charge in [0.15, 0.2) is 14.6 Å². The van der Waals surface area contributed by atoms with Crippen LogP contribution in [-0.4, -0.2) is 24.6 Å². The van der Waals surface area contributed by atoms with Gasteiger partial charge in [-0.2, -0.15) is 4.99 Å². The second-order valence-corrected chi connectivity index (χ2v) is 9.67. The van der Waals surface area contributed by atoms with Gasteiger partial charge in [-0.25, -0.2) is 12.8 Å². The maximum atomic E-state index is 12.9. The van der Waals surface area contributed by atoms with Crippen LogP contribution in [0.5, 0.6) is 0 Å². The van der Waals surface area contributed by atoms with Crippen molar-refractivity contribution in [3.05, 3.63) is 57.1 Å². The average Bonchev–Trinajstić information content (AvgIpc) is 2.89. The van der Waals surface area contributed by atoms with Crippen LogP contribution in [0, 0.1) is 5.82 Å². The fraction of sp³-hybridized carbons (Fsp3) is 0.176. The minimum atomic E-state index is -3.70. The molecule has 0 aliphatic carbocycles. The number of benzene rings is 2. The molecule has 1 heterocycles. The fourth-order valence-electron chi connectivity index (χ4n) is 2.45. The molecule has 2 aromatic carbocycles. The minimum Gasteiger partial charge on any atom is -0.318 e. The van der Waals surface area contributed by atoms with Crippen molar-refractivity contribution in [1.82, 2.24) is 4.57 Å². The first-order valence-corrected chi connectivity index (χ1v) is 10.9. The number of thiazole rings is 1. The summed E-state index contributed by atoms with van der Waals surface area (Å²) in [5, 5.41) is 0.904. The standard InChI is InChI=1S/C17H13Cl2FN2O3S2/c1-22-16-13(19)8-10(18)9-14(16)26-17(22)21-15(23)6-7-27(24,25)12-4-2-11(20)3-5-12/h2-5,8-9H,6-7H2,1H3. The van der Waals surface area contributed by atoms with Gasteiger partial charge in [-0.15, -0.1) is 0 Å². The van der Waals surface area contributed by atoms with E-state index in [-0.39, 0.29) is 11.3 Å². The highest BCUT2D eigenvalue weighted by Gasteiger charge is 2.17. The SMILES string of the molecule is Cn1c(=NC(=O)CCS(=O)(=O)c2ccc(F)cc2)sc2cc(Cl)cc(Cl)c21. The van der Waals surface area contributed by atoms with Crippen molar-refractivity contribution < 1.29 is 17.6 Å². The monoisotopic (exact) mass is 446 g/mol. The molecule has 0 saturated heterocycles. The lowest BCUT2D eigenvalue weighted by atomic mass is 10.3. The van der Waals surface area contributed by atoms with Gasteiger partial charge in [-0.1, -0.05) is 34.5 Å². The summed E-state index contributed by atoms with van der Waals surface area (Å²) in [6, 6.07) is 7.78. The van der Waals surface area contributed by atoms with Crippen molar-refractivity contribution in [3.8, 4) is 0 Å². The van der Waals surface area contributed by atoms with Gasteiger partial charge in [0.1, 0.15) is 5.82 Å². The number of hydrogen-bond donors (Lipinski definition) is 0. The smallest absolute Gasteiger partial charge is 0.249 e. The molecule has 3 rings (SSSR count). The summed E-state index contributed by atoms with van der Waals surface area (Å²) >= 11 is 13.4. The molecule has 1 aromatic heterocycles. The van der Waals surface area contributed by atoms with Crippen molar-refractivity contribution >= 4 is 60.5 Å². The molecule has 0 aliphatic rings. The zero-order valence-electron chi connectivity index (χ0n) is 13.9. The highest BCUT2D eigenvalue weighted by Crippen LogP contribution is 2.29. The molecule has 0 fully saturated rings. The first kappa shape index (κ1) is 20.0. The number of fused-ring (bicyclic) bond motifs is 1. The van der Waals surface area contributed by atoms with Gasteiger partial charge in [-0.3, -0.25) is 4.79 Å². The number of carbonyl (C=O) groups excluding carboxylic acids is 1. The molecule has 0 spiro atoms. The zero-order chi connectivity index (χ0) is 19.8. The van der Waals surface area contributed by atoms with Crippen LogP contribution in [-0.2, 0) is 21.7 Å². The van der Waals surface area contributed by atoms with E-state index in [1.165, 1.54) is 23.5 Å². The Morgan fingerprint density at radius 3 is 2.56 bits per heavy atom. The fourth-order valence-corrected chi connectivity index (χ4v) is 5.52. The maximum absolute atomic E-state index is 12.9.